The van der Waals surface area contributed by atoms with Crippen LogP contribution < -0.4 is 0 Å². The van der Waals surface area contributed by atoms with Gasteiger partial charge in [0, 0.05) is 25.7 Å². The average Bonchev–Trinajstić information content (AvgIpc) is 3.06. The van der Waals surface area contributed by atoms with Gasteiger partial charge in [-0.25, -0.2) is 5.01 Å². The third-order valence-corrected chi connectivity index (χ3v) is 7.14. The van der Waals surface area contributed by atoms with Crippen molar-refractivity contribution in [2.24, 2.45) is 5.92 Å². The summed E-state index contributed by atoms with van der Waals surface area (Å²) in [4.78, 5) is 12.8. The van der Waals surface area contributed by atoms with Crippen LogP contribution in [0.25, 0.3) is 0 Å². The van der Waals surface area contributed by atoms with Crippen molar-refractivity contribution >= 4 is 14.2 Å². The molecule has 25 heavy (non-hydrogen) atoms. The molecule has 0 bridgehead atoms. The second kappa shape index (κ2) is 8.07. The Morgan fingerprint density at radius 1 is 1.16 bits per heavy atom. The van der Waals surface area contributed by atoms with Gasteiger partial charge in [0.05, 0.1) is 12.5 Å². The summed E-state index contributed by atoms with van der Waals surface area (Å²) in [6.07, 6.45) is 5.53. The number of hydrogen-bond donors (Lipinski definition) is 0. The summed E-state index contributed by atoms with van der Waals surface area (Å²) in [6.45, 7) is 14.9. The zero-order chi connectivity index (χ0) is 18.8. The van der Waals surface area contributed by atoms with Crippen molar-refractivity contribution in [3.05, 3.63) is 0 Å². The van der Waals surface area contributed by atoms with Crippen LogP contribution in [0.4, 0.5) is 0 Å². The lowest BCUT2D eigenvalue weighted by atomic mass is 10.0. The molecule has 1 heterocycles. The van der Waals surface area contributed by atoms with Crippen molar-refractivity contribution < 1.29 is 14.3 Å². The molecule has 1 saturated heterocycles. The number of nitrogens with zero attached hydrogens (tertiary/aromatic N) is 2. The monoisotopic (exact) mass is 370 g/mol. The molecule has 0 N–H and O–H groups in total. The summed E-state index contributed by atoms with van der Waals surface area (Å²) in [5.41, 5.74) is -0.416. The van der Waals surface area contributed by atoms with E-state index in [0.29, 0.717) is 6.04 Å². The topological polar surface area (TPSA) is 42.0 Å². The molecule has 0 aromatic rings. The molecular formula is C19H38N2O3Si. The molecule has 0 aromatic heterocycles. The lowest BCUT2D eigenvalue weighted by Gasteiger charge is -2.48. The molecule has 1 saturated carbocycles. The maximum atomic E-state index is 12.8. The molecular weight excluding hydrogens is 332 g/mol. The number of ether oxygens (including phenoxy) is 2. The van der Waals surface area contributed by atoms with Crippen LogP contribution >= 0.6 is 0 Å². The van der Waals surface area contributed by atoms with Gasteiger partial charge in [0.25, 0.3) is 0 Å². The first-order valence-corrected chi connectivity index (χ1v) is 13.3. The summed E-state index contributed by atoms with van der Waals surface area (Å²) >= 11 is 0. The van der Waals surface area contributed by atoms with E-state index in [-0.39, 0.29) is 17.9 Å². The maximum Gasteiger partial charge on any atom is 0.311 e. The van der Waals surface area contributed by atoms with Gasteiger partial charge in [0.15, 0.2) is 0 Å². The summed E-state index contributed by atoms with van der Waals surface area (Å²) in [6, 6.07) is 0.718. The Balaban J connectivity index is 2.23. The first-order chi connectivity index (χ1) is 11.5. The quantitative estimate of drug-likeness (QED) is 0.527. The standard InChI is InChI=1S/C19H38N2O3Si/c1-19(2,3)24-18(22)16-11-8-12-17(16)21(25(5,6)7)20-13-9-10-15(20)14-23-4/h15-17H,8-14H2,1-7H3/t15-,16-,17-/m0/s1. The highest BCUT2D eigenvalue weighted by atomic mass is 28.3. The molecule has 5 nitrogen and oxygen atoms in total. The van der Waals surface area contributed by atoms with Gasteiger partial charge in [0.2, 0.25) is 0 Å². The van der Waals surface area contributed by atoms with Gasteiger partial charge in [-0.2, -0.15) is 0 Å². The molecule has 0 spiro atoms. The average molecular weight is 371 g/mol. The number of hydrazine groups is 1. The van der Waals surface area contributed by atoms with Crippen molar-refractivity contribution in [2.45, 2.75) is 90.2 Å². The van der Waals surface area contributed by atoms with E-state index in [1.807, 2.05) is 20.8 Å². The van der Waals surface area contributed by atoms with Crippen LogP contribution in [-0.2, 0) is 14.3 Å². The lowest BCUT2D eigenvalue weighted by Crippen LogP contribution is -2.63. The third-order valence-electron chi connectivity index (χ3n) is 5.17. The number of carbonyl (C=O) groups excluding carboxylic acids is 1. The molecule has 2 aliphatic rings. The summed E-state index contributed by atoms with van der Waals surface area (Å²) < 4.78 is 13.9. The van der Waals surface area contributed by atoms with Gasteiger partial charge in [-0.3, -0.25) is 9.47 Å². The van der Waals surface area contributed by atoms with Crippen LogP contribution in [0.3, 0.4) is 0 Å². The van der Waals surface area contributed by atoms with Crippen molar-refractivity contribution in [1.82, 2.24) is 9.68 Å². The highest BCUT2D eigenvalue weighted by Gasteiger charge is 2.47. The molecule has 1 aliphatic carbocycles. The third kappa shape index (κ3) is 5.28. The van der Waals surface area contributed by atoms with Crippen LogP contribution in [0.2, 0.25) is 19.6 Å². The minimum absolute atomic E-state index is 0.00487. The molecule has 0 amide bonds. The fraction of sp³-hybridized carbons (Fsp3) is 0.947. The number of esters is 1. The highest BCUT2D eigenvalue weighted by Crippen LogP contribution is 2.37. The molecule has 146 valence electrons. The van der Waals surface area contributed by atoms with Gasteiger partial charge in [0.1, 0.15) is 13.8 Å². The SMILES string of the molecule is COC[C@@H]1CCCN1N([C@H]1CCC[C@@H]1C(=O)OC(C)(C)C)[Si](C)(C)C. The van der Waals surface area contributed by atoms with E-state index in [2.05, 4.69) is 29.3 Å². The van der Waals surface area contributed by atoms with Crippen LogP contribution in [0.5, 0.6) is 0 Å². The first kappa shape index (κ1) is 20.9. The van der Waals surface area contributed by atoms with E-state index in [4.69, 9.17) is 9.47 Å². The van der Waals surface area contributed by atoms with Gasteiger partial charge in [-0.05, 0) is 46.5 Å². The predicted molar refractivity (Wildman–Crippen MR) is 104 cm³/mol. The molecule has 3 atom stereocenters. The largest absolute Gasteiger partial charge is 0.460 e. The second-order valence-electron chi connectivity index (χ2n) is 9.57. The molecule has 0 aromatic carbocycles. The number of carbonyl (C=O) groups is 1. The first-order valence-electron chi connectivity index (χ1n) is 9.82. The Morgan fingerprint density at radius 3 is 2.40 bits per heavy atom. The Bertz CT molecular complexity index is 459. The van der Waals surface area contributed by atoms with E-state index in [1.54, 1.807) is 7.11 Å². The van der Waals surface area contributed by atoms with Crippen molar-refractivity contribution in [2.75, 3.05) is 20.3 Å². The number of hydrogen-bond acceptors (Lipinski definition) is 5. The van der Waals surface area contributed by atoms with Gasteiger partial charge >= 0.3 is 5.97 Å². The number of methoxy groups -OCH3 is 1. The maximum absolute atomic E-state index is 12.8. The van der Waals surface area contributed by atoms with Crippen LogP contribution in [0, 0.1) is 5.92 Å². The van der Waals surface area contributed by atoms with E-state index in [0.717, 1.165) is 32.4 Å². The van der Waals surface area contributed by atoms with Gasteiger partial charge in [-0.1, -0.05) is 26.1 Å². The van der Waals surface area contributed by atoms with Crippen molar-refractivity contribution in [3.63, 3.8) is 0 Å². The fourth-order valence-electron chi connectivity index (χ4n) is 4.42. The second-order valence-corrected chi connectivity index (χ2v) is 14.4. The highest BCUT2D eigenvalue weighted by molar-refractivity contribution is 6.73. The van der Waals surface area contributed by atoms with Crippen molar-refractivity contribution in [1.29, 1.82) is 0 Å². The lowest BCUT2D eigenvalue weighted by molar-refractivity contribution is -0.163. The minimum Gasteiger partial charge on any atom is -0.460 e. The zero-order valence-electron chi connectivity index (χ0n) is 17.3. The smallest absolute Gasteiger partial charge is 0.311 e. The molecule has 6 heteroatoms. The summed E-state index contributed by atoms with van der Waals surface area (Å²) in [5.74, 6) is -0.0181. The summed E-state index contributed by atoms with van der Waals surface area (Å²) in [7, 11) is 0.148. The Labute approximate surface area is 155 Å². The number of rotatable bonds is 6. The molecule has 0 radical (unpaired) electrons. The van der Waals surface area contributed by atoms with E-state index in [1.165, 1.54) is 12.8 Å². The van der Waals surface area contributed by atoms with Crippen molar-refractivity contribution in [3.8, 4) is 0 Å². The Morgan fingerprint density at radius 2 is 1.84 bits per heavy atom. The molecule has 2 fully saturated rings. The van der Waals surface area contributed by atoms with Crippen LogP contribution in [0.1, 0.15) is 52.9 Å². The molecule has 1 aliphatic heterocycles. The predicted octanol–water partition coefficient (Wildman–Crippen LogP) is 3.66. The normalized spacial score (nSPS) is 28.7. The molecule has 2 rings (SSSR count). The Hall–Kier alpha value is -0.433. The van der Waals surface area contributed by atoms with Gasteiger partial charge < -0.3 is 9.47 Å². The molecule has 0 unspecified atom stereocenters. The minimum atomic E-state index is -1.64. The zero-order valence-corrected chi connectivity index (χ0v) is 18.3. The van der Waals surface area contributed by atoms with Gasteiger partial charge in [-0.15, -0.1) is 0 Å². The van der Waals surface area contributed by atoms with Crippen LogP contribution in [-0.4, -0.2) is 61.8 Å². The van der Waals surface area contributed by atoms with E-state index >= 15 is 0 Å². The van der Waals surface area contributed by atoms with E-state index in [9.17, 15) is 4.79 Å². The summed E-state index contributed by atoms with van der Waals surface area (Å²) in [5, 5.41) is 2.54. The Kier molecular flexibility index (Phi) is 6.74. The fourth-order valence-corrected chi connectivity index (χ4v) is 6.76. The van der Waals surface area contributed by atoms with E-state index < -0.39 is 13.8 Å². The van der Waals surface area contributed by atoms with Crippen LogP contribution in [0.15, 0.2) is 0 Å².